The third kappa shape index (κ3) is 51.0. The van der Waals surface area contributed by atoms with Crippen molar-refractivity contribution in [2.45, 2.75) is 296 Å². The maximum absolute atomic E-state index is 12.3. The number of aliphatic hydroxyl groups is 1. The molecule has 0 aromatic heterocycles. The van der Waals surface area contributed by atoms with Gasteiger partial charge < -0.3 is 14.6 Å². The van der Waals surface area contributed by atoms with Crippen LogP contribution in [0.4, 0.5) is 0 Å². The predicted molar refractivity (Wildman–Crippen MR) is 265 cm³/mol. The van der Waals surface area contributed by atoms with E-state index in [9.17, 15) is 9.90 Å². The molecule has 1 unspecified atom stereocenters. The molecule has 60 heavy (non-hydrogen) atoms. The average molecular weight is 843 g/mol. The van der Waals surface area contributed by atoms with Crippen LogP contribution in [0.2, 0.25) is 0 Å². The number of unbranched alkanes of at least 4 members (excludes halogenated alkanes) is 37. The molecule has 0 saturated heterocycles. The summed E-state index contributed by atoms with van der Waals surface area (Å²) in [4.78, 5) is 12.3. The van der Waals surface area contributed by atoms with E-state index in [1.165, 1.54) is 238 Å². The zero-order valence-corrected chi connectivity index (χ0v) is 40.7. The smallest absolute Gasteiger partial charge is 0.306 e. The zero-order valence-electron chi connectivity index (χ0n) is 40.7. The maximum Gasteiger partial charge on any atom is 0.306 e. The number of rotatable bonds is 51. The van der Waals surface area contributed by atoms with Gasteiger partial charge in [0.2, 0.25) is 0 Å². The summed E-state index contributed by atoms with van der Waals surface area (Å²) in [6.45, 7) is 5.38. The van der Waals surface area contributed by atoms with Crippen LogP contribution < -0.4 is 0 Å². The molecule has 0 spiro atoms. The summed E-state index contributed by atoms with van der Waals surface area (Å²) < 4.78 is 11.2. The van der Waals surface area contributed by atoms with Crippen molar-refractivity contribution in [3.63, 3.8) is 0 Å². The summed E-state index contributed by atoms with van der Waals surface area (Å²) in [6, 6.07) is 0. The second-order valence-electron chi connectivity index (χ2n) is 18.3. The molecule has 1 atom stereocenters. The van der Waals surface area contributed by atoms with Crippen LogP contribution in [-0.4, -0.2) is 37.0 Å². The van der Waals surface area contributed by atoms with Crippen molar-refractivity contribution < 1.29 is 19.4 Å². The van der Waals surface area contributed by atoms with Gasteiger partial charge in [0.05, 0.1) is 13.2 Å². The molecule has 0 aromatic rings. The topological polar surface area (TPSA) is 55.8 Å². The fourth-order valence-corrected chi connectivity index (χ4v) is 8.16. The lowest BCUT2D eigenvalue weighted by Crippen LogP contribution is -2.27. The Morgan fingerprint density at radius 1 is 0.400 bits per heavy atom. The number of allylic oxidation sites excluding steroid dienone is 6. The van der Waals surface area contributed by atoms with Crippen LogP contribution >= 0.6 is 0 Å². The summed E-state index contributed by atoms with van der Waals surface area (Å²) in [7, 11) is 0. The molecule has 4 heteroatoms. The van der Waals surface area contributed by atoms with Crippen molar-refractivity contribution in [1.29, 1.82) is 0 Å². The molecule has 0 aliphatic carbocycles. The Morgan fingerprint density at radius 2 is 0.700 bits per heavy atom. The molecule has 0 bridgehead atoms. The third-order valence-electron chi connectivity index (χ3n) is 12.2. The number of carbonyl (C=O) groups excluding carboxylic acids is 1. The Morgan fingerprint density at radius 3 is 1.05 bits per heavy atom. The van der Waals surface area contributed by atoms with Crippen molar-refractivity contribution >= 4 is 5.97 Å². The van der Waals surface area contributed by atoms with E-state index in [-0.39, 0.29) is 12.6 Å². The standard InChI is InChI=1S/C56H106O4/c1-3-5-7-9-11-13-15-17-19-21-23-25-27-28-29-30-32-34-36-38-40-42-44-46-48-50-52-59-54-55(53-57)60-56(58)51-49-47-45-43-41-39-37-35-33-31-26-24-22-20-18-16-14-12-10-8-6-4-2/h15,17,21,23,27-28,55,57H,3-14,16,18-20,22,24-26,29-54H2,1-2H3/b17-15-,23-21-,28-27-. The number of ether oxygens (including phenoxy) is 2. The van der Waals surface area contributed by atoms with Crippen molar-refractivity contribution in [2.24, 2.45) is 0 Å². The van der Waals surface area contributed by atoms with Crippen LogP contribution in [0.15, 0.2) is 36.5 Å². The predicted octanol–water partition coefficient (Wildman–Crippen LogP) is 18.4. The summed E-state index contributed by atoms with van der Waals surface area (Å²) in [5.74, 6) is -0.195. The quantitative estimate of drug-likeness (QED) is 0.0377. The molecule has 1 N–H and O–H groups in total. The summed E-state index contributed by atoms with van der Waals surface area (Å²) in [5, 5.41) is 9.66. The van der Waals surface area contributed by atoms with Gasteiger partial charge in [-0.1, -0.05) is 269 Å². The lowest BCUT2D eigenvalue weighted by atomic mass is 10.0. The first-order valence-electron chi connectivity index (χ1n) is 27.1. The molecular formula is C56H106O4. The molecule has 0 amide bonds. The summed E-state index contributed by atoms with van der Waals surface area (Å²) in [5.41, 5.74) is 0. The van der Waals surface area contributed by atoms with E-state index < -0.39 is 6.10 Å². The highest BCUT2D eigenvalue weighted by Crippen LogP contribution is 2.17. The molecule has 0 aliphatic heterocycles. The summed E-state index contributed by atoms with van der Waals surface area (Å²) in [6.07, 6.45) is 69.6. The van der Waals surface area contributed by atoms with E-state index in [1.807, 2.05) is 0 Å². The molecule has 4 nitrogen and oxygen atoms in total. The van der Waals surface area contributed by atoms with E-state index in [1.54, 1.807) is 0 Å². The van der Waals surface area contributed by atoms with Gasteiger partial charge in [0, 0.05) is 13.0 Å². The van der Waals surface area contributed by atoms with Crippen molar-refractivity contribution in [1.82, 2.24) is 0 Å². The van der Waals surface area contributed by atoms with E-state index in [0.29, 0.717) is 19.6 Å². The fourth-order valence-electron chi connectivity index (χ4n) is 8.16. The van der Waals surface area contributed by atoms with Crippen LogP contribution in [0.1, 0.15) is 290 Å². The van der Waals surface area contributed by atoms with E-state index in [4.69, 9.17) is 9.47 Å². The largest absolute Gasteiger partial charge is 0.457 e. The van der Waals surface area contributed by atoms with E-state index in [0.717, 1.165) is 32.1 Å². The van der Waals surface area contributed by atoms with Gasteiger partial charge in [-0.05, 0) is 51.4 Å². The van der Waals surface area contributed by atoms with Gasteiger partial charge in [-0.15, -0.1) is 0 Å². The highest BCUT2D eigenvalue weighted by Gasteiger charge is 2.13. The Kier molecular flexibility index (Phi) is 52.5. The first-order chi connectivity index (χ1) is 29.7. The Balaban J connectivity index is 3.38. The second kappa shape index (κ2) is 53.7. The number of hydrogen-bond donors (Lipinski definition) is 1. The Hall–Kier alpha value is -1.39. The third-order valence-corrected chi connectivity index (χ3v) is 12.2. The Bertz CT molecular complexity index is 894. The Labute approximate surface area is 376 Å². The molecule has 0 aliphatic rings. The van der Waals surface area contributed by atoms with E-state index >= 15 is 0 Å². The van der Waals surface area contributed by atoms with Crippen molar-refractivity contribution in [2.75, 3.05) is 19.8 Å². The van der Waals surface area contributed by atoms with Crippen LogP contribution in [0.3, 0.4) is 0 Å². The van der Waals surface area contributed by atoms with Gasteiger partial charge in [0.15, 0.2) is 0 Å². The lowest BCUT2D eigenvalue weighted by molar-refractivity contribution is -0.154. The minimum absolute atomic E-state index is 0.169. The van der Waals surface area contributed by atoms with Crippen LogP contribution in [0.5, 0.6) is 0 Å². The molecule has 0 fully saturated rings. The number of carbonyl (C=O) groups is 1. The first kappa shape index (κ1) is 58.6. The number of esters is 1. The molecule has 354 valence electrons. The molecule has 0 radical (unpaired) electrons. The van der Waals surface area contributed by atoms with Gasteiger partial charge in [-0.25, -0.2) is 0 Å². The minimum Gasteiger partial charge on any atom is -0.457 e. The van der Waals surface area contributed by atoms with Crippen molar-refractivity contribution in [3.05, 3.63) is 36.5 Å². The molecule has 0 heterocycles. The average Bonchev–Trinajstić information content (AvgIpc) is 3.25. The van der Waals surface area contributed by atoms with Crippen LogP contribution in [0.25, 0.3) is 0 Å². The molecule has 0 rings (SSSR count). The van der Waals surface area contributed by atoms with E-state index in [2.05, 4.69) is 50.3 Å². The highest BCUT2D eigenvalue weighted by molar-refractivity contribution is 5.69. The van der Waals surface area contributed by atoms with Gasteiger partial charge in [-0.3, -0.25) is 4.79 Å². The summed E-state index contributed by atoms with van der Waals surface area (Å²) >= 11 is 0. The maximum atomic E-state index is 12.3. The lowest BCUT2D eigenvalue weighted by Gasteiger charge is -2.16. The molecule has 0 saturated carbocycles. The monoisotopic (exact) mass is 843 g/mol. The first-order valence-corrected chi connectivity index (χ1v) is 27.1. The van der Waals surface area contributed by atoms with Gasteiger partial charge in [0.25, 0.3) is 0 Å². The number of hydrogen-bond acceptors (Lipinski definition) is 4. The van der Waals surface area contributed by atoms with Gasteiger partial charge in [-0.2, -0.15) is 0 Å². The van der Waals surface area contributed by atoms with Crippen LogP contribution in [0, 0.1) is 0 Å². The van der Waals surface area contributed by atoms with Crippen LogP contribution in [-0.2, 0) is 14.3 Å². The molecular weight excluding hydrogens is 737 g/mol. The molecule has 0 aromatic carbocycles. The number of aliphatic hydroxyl groups excluding tert-OH is 1. The minimum atomic E-state index is -0.534. The highest BCUT2D eigenvalue weighted by atomic mass is 16.6. The van der Waals surface area contributed by atoms with Gasteiger partial charge in [0.1, 0.15) is 6.10 Å². The second-order valence-corrected chi connectivity index (χ2v) is 18.3. The zero-order chi connectivity index (χ0) is 43.3. The normalized spacial score (nSPS) is 12.5. The SMILES string of the molecule is CCCCCCC/C=C\C/C=C\C/C=C\CCCCCCCCCCCCCOCC(CO)OC(=O)CCCCCCCCCCCCCCCCCCCCCCCC. The van der Waals surface area contributed by atoms with Crippen molar-refractivity contribution in [3.8, 4) is 0 Å². The fraction of sp³-hybridized carbons (Fsp3) is 0.875. The van der Waals surface area contributed by atoms with Gasteiger partial charge >= 0.3 is 5.97 Å².